The number of carbonyl (C=O) groups excluding carboxylic acids is 4. The van der Waals surface area contributed by atoms with Crippen LogP contribution in [-0.2, 0) is 22.6 Å². The number of nitrogens with one attached hydrogen (secondary N) is 1. The standard InChI is InChI=1S/C32H31N5O5/c1-20(29(38)36-16-17-42-32(36)41)37-31(40)35(3)19-24-15-13-22-9-5-7-11-26(22)28(24)27-23(18-34(2)30(39)33-37)14-12-21-8-4-6-10-25(21)27/h4-15,20H,16-19H2,1-3H3,(H,33,39)/t20-/m0/s1. The summed E-state index contributed by atoms with van der Waals surface area (Å²) in [5, 5.41) is 5.20. The van der Waals surface area contributed by atoms with Crippen molar-refractivity contribution < 1.29 is 23.9 Å². The van der Waals surface area contributed by atoms with Gasteiger partial charge < -0.3 is 14.5 Å². The maximum absolute atomic E-state index is 13.9. The van der Waals surface area contributed by atoms with Gasteiger partial charge in [-0.05, 0) is 50.7 Å². The molecule has 2 aliphatic heterocycles. The van der Waals surface area contributed by atoms with Gasteiger partial charge in [-0.1, -0.05) is 72.8 Å². The van der Waals surface area contributed by atoms with E-state index < -0.39 is 30.1 Å². The number of benzene rings is 4. The molecule has 0 spiro atoms. The van der Waals surface area contributed by atoms with Crippen LogP contribution in [0, 0.1) is 0 Å². The minimum atomic E-state index is -1.17. The highest BCUT2D eigenvalue weighted by molar-refractivity contribution is 6.08. The van der Waals surface area contributed by atoms with Gasteiger partial charge in [0.2, 0.25) is 0 Å². The summed E-state index contributed by atoms with van der Waals surface area (Å²) in [7, 11) is 3.27. The molecule has 2 heterocycles. The van der Waals surface area contributed by atoms with Gasteiger partial charge in [-0.15, -0.1) is 0 Å². The van der Waals surface area contributed by atoms with Gasteiger partial charge in [0.15, 0.2) is 0 Å². The number of hydrazine groups is 1. The molecule has 0 aromatic heterocycles. The Bertz CT molecular complexity index is 1750. The first-order chi connectivity index (χ1) is 20.2. The van der Waals surface area contributed by atoms with Crippen LogP contribution in [0.15, 0.2) is 72.8 Å². The van der Waals surface area contributed by atoms with E-state index in [4.69, 9.17) is 4.74 Å². The van der Waals surface area contributed by atoms with Gasteiger partial charge in [0.25, 0.3) is 5.91 Å². The second-order valence-electron chi connectivity index (χ2n) is 10.7. The van der Waals surface area contributed by atoms with Gasteiger partial charge in [0.05, 0.1) is 6.54 Å². The van der Waals surface area contributed by atoms with Crippen LogP contribution in [0.5, 0.6) is 0 Å². The predicted octanol–water partition coefficient (Wildman–Crippen LogP) is 4.95. The summed E-state index contributed by atoms with van der Waals surface area (Å²) in [5.41, 5.74) is 6.49. The summed E-state index contributed by atoms with van der Waals surface area (Å²) in [6.07, 6.45) is -0.768. The highest BCUT2D eigenvalue weighted by Gasteiger charge is 2.38. The Morgan fingerprint density at radius 3 is 1.88 bits per heavy atom. The fourth-order valence-electron chi connectivity index (χ4n) is 5.75. The lowest BCUT2D eigenvalue weighted by molar-refractivity contribution is -0.132. The van der Waals surface area contributed by atoms with E-state index in [2.05, 4.69) is 35.8 Å². The molecule has 1 saturated heterocycles. The van der Waals surface area contributed by atoms with E-state index >= 15 is 0 Å². The number of amides is 6. The largest absolute Gasteiger partial charge is 0.447 e. The van der Waals surface area contributed by atoms with Crippen molar-refractivity contribution >= 4 is 45.6 Å². The average Bonchev–Trinajstić information content (AvgIpc) is 3.43. The number of hydrogen-bond donors (Lipinski definition) is 1. The van der Waals surface area contributed by atoms with Crippen molar-refractivity contribution in [3.63, 3.8) is 0 Å². The summed E-state index contributed by atoms with van der Waals surface area (Å²) >= 11 is 0. The minimum Gasteiger partial charge on any atom is -0.447 e. The molecule has 0 radical (unpaired) electrons. The highest BCUT2D eigenvalue weighted by atomic mass is 16.6. The number of ether oxygens (including phenoxy) is 1. The van der Waals surface area contributed by atoms with E-state index in [-0.39, 0.29) is 26.2 Å². The Labute approximate surface area is 243 Å². The third-order valence-corrected chi connectivity index (χ3v) is 7.96. The molecular formula is C32H31N5O5. The maximum atomic E-state index is 13.9. The number of hydrogen-bond acceptors (Lipinski definition) is 5. The average molecular weight is 566 g/mol. The monoisotopic (exact) mass is 565 g/mol. The molecule has 10 nitrogen and oxygen atoms in total. The first-order valence-corrected chi connectivity index (χ1v) is 13.8. The van der Waals surface area contributed by atoms with E-state index in [1.807, 2.05) is 42.5 Å². The summed E-state index contributed by atoms with van der Waals surface area (Å²) in [6, 6.07) is 22.1. The quantitative estimate of drug-likeness (QED) is 0.371. The Morgan fingerprint density at radius 2 is 1.33 bits per heavy atom. The third-order valence-electron chi connectivity index (χ3n) is 7.96. The smallest absolute Gasteiger partial charge is 0.416 e. The topological polar surface area (TPSA) is 102 Å². The number of cyclic esters (lactones) is 1. The Balaban J connectivity index is 1.52. The van der Waals surface area contributed by atoms with E-state index in [0.29, 0.717) is 0 Å². The molecule has 4 aromatic rings. The fourth-order valence-corrected chi connectivity index (χ4v) is 5.75. The predicted molar refractivity (Wildman–Crippen MR) is 158 cm³/mol. The summed E-state index contributed by atoms with van der Waals surface area (Å²) < 4.78 is 4.92. The normalized spacial score (nSPS) is 16.9. The number of urea groups is 2. The molecule has 10 heteroatoms. The van der Waals surface area contributed by atoms with Gasteiger partial charge >= 0.3 is 18.2 Å². The first kappa shape index (κ1) is 27.1. The van der Waals surface area contributed by atoms with Crippen molar-refractivity contribution in [1.82, 2.24) is 25.1 Å². The molecule has 4 aromatic carbocycles. The molecule has 6 amide bonds. The van der Waals surface area contributed by atoms with Crippen molar-refractivity contribution in [3.05, 3.63) is 83.9 Å². The first-order valence-electron chi connectivity index (χ1n) is 13.8. The van der Waals surface area contributed by atoms with Crippen LogP contribution < -0.4 is 5.43 Å². The van der Waals surface area contributed by atoms with E-state index in [0.717, 1.165) is 53.7 Å². The molecule has 42 heavy (non-hydrogen) atoms. The summed E-state index contributed by atoms with van der Waals surface area (Å²) in [6.45, 7) is 2.09. The van der Waals surface area contributed by atoms with E-state index in [1.165, 1.54) is 16.7 Å². The highest BCUT2D eigenvalue weighted by Crippen LogP contribution is 2.40. The molecule has 0 aliphatic carbocycles. The maximum Gasteiger partial charge on any atom is 0.416 e. The molecule has 214 valence electrons. The van der Waals surface area contributed by atoms with Crippen LogP contribution in [0.2, 0.25) is 0 Å². The van der Waals surface area contributed by atoms with Crippen LogP contribution in [-0.4, -0.2) is 77.1 Å². The Hall–Kier alpha value is -5.12. The molecular weight excluding hydrogens is 534 g/mol. The van der Waals surface area contributed by atoms with Crippen molar-refractivity contribution in [1.29, 1.82) is 0 Å². The lowest BCUT2D eigenvalue weighted by Crippen LogP contribution is -2.61. The van der Waals surface area contributed by atoms with Gasteiger partial charge in [0.1, 0.15) is 12.6 Å². The number of rotatable bonds is 2. The molecule has 2 aliphatic rings. The fraction of sp³-hybridized carbons (Fsp3) is 0.250. The van der Waals surface area contributed by atoms with Crippen molar-refractivity contribution in [2.24, 2.45) is 0 Å². The molecule has 0 bridgehead atoms. The van der Waals surface area contributed by atoms with Crippen molar-refractivity contribution in [3.8, 4) is 11.1 Å². The number of nitrogens with zero attached hydrogens (tertiary/aromatic N) is 4. The Morgan fingerprint density at radius 1 is 0.786 bits per heavy atom. The summed E-state index contributed by atoms with van der Waals surface area (Å²) in [5.74, 6) is -0.641. The zero-order valence-corrected chi connectivity index (χ0v) is 23.7. The molecule has 0 unspecified atom stereocenters. The van der Waals surface area contributed by atoms with Crippen LogP contribution >= 0.6 is 0 Å². The van der Waals surface area contributed by atoms with E-state index in [1.54, 1.807) is 14.1 Å². The number of imide groups is 1. The van der Waals surface area contributed by atoms with Crippen LogP contribution in [0.1, 0.15) is 18.1 Å². The van der Waals surface area contributed by atoms with Crippen LogP contribution in [0.25, 0.3) is 32.7 Å². The van der Waals surface area contributed by atoms with Gasteiger partial charge in [0, 0.05) is 27.2 Å². The molecule has 1 fully saturated rings. The SMILES string of the molecule is C[C@@H](C(=O)N1CCOC1=O)N1NC(=O)N(C)Cc2ccc3ccccc3c2-c2c(ccc3ccccc23)CN(C)C1=O. The van der Waals surface area contributed by atoms with Crippen molar-refractivity contribution in [2.45, 2.75) is 26.1 Å². The van der Waals surface area contributed by atoms with Gasteiger partial charge in [-0.3, -0.25) is 4.79 Å². The zero-order chi connectivity index (χ0) is 29.5. The van der Waals surface area contributed by atoms with E-state index in [9.17, 15) is 19.2 Å². The second kappa shape index (κ2) is 10.7. The Kier molecular flexibility index (Phi) is 6.89. The molecule has 6 rings (SSSR count). The lowest BCUT2D eigenvalue weighted by Gasteiger charge is -2.35. The number of fused-ring (bicyclic) bond motifs is 7. The summed E-state index contributed by atoms with van der Waals surface area (Å²) in [4.78, 5) is 56.7. The molecule has 1 N–H and O–H groups in total. The minimum absolute atomic E-state index is 0.0823. The van der Waals surface area contributed by atoms with Gasteiger partial charge in [-0.2, -0.15) is 0 Å². The van der Waals surface area contributed by atoms with Crippen LogP contribution in [0.4, 0.5) is 14.4 Å². The third kappa shape index (κ3) is 4.64. The molecule has 1 atom stereocenters. The number of carbonyl (C=O) groups is 4. The molecule has 0 saturated carbocycles. The lowest BCUT2D eigenvalue weighted by atomic mass is 9.86. The van der Waals surface area contributed by atoms with Crippen molar-refractivity contribution in [2.75, 3.05) is 27.2 Å². The van der Waals surface area contributed by atoms with Crippen LogP contribution in [0.3, 0.4) is 0 Å². The zero-order valence-electron chi connectivity index (χ0n) is 23.7. The second-order valence-corrected chi connectivity index (χ2v) is 10.7. The van der Waals surface area contributed by atoms with Gasteiger partial charge in [-0.25, -0.2) is 29.7 Å².